The van der Waals surface area contributed by atoms with Crippen LogP contribution in [-0.4, -0.2) is 31.3 Å². The lowest BCUT2D eigenvalue weighted by Gasteiger charge is -2.14. The molecule has 0 unspecified atom stereocenters. The molecule has 1 aromatic carbocycles. The zero-order valence-electron chi connectivity index (χ0n) is 9.20. The van der Waals surface area contributed by atoms with Gasteiger partial charge in [0.05, 0.1) is 18.4 Å². The molecule has 0 atom stereocenters. The Kier molecular flexibility index (Phi) is 2.82. The molecule has 1 aliphatic heterocycles. The Labute approximate surface area is 99.9 Å². The van der Waals surface area contributed by atoms with E-state index in [0.717, 1.165) is 12.0 Å². The van der Waals surface area contributed by atoms with E-state index in [4.69, 9.17) is 0 Å². The van der Waals surface area contributed by atoms with Crippen molar-refractivity contribution >= 4 is 23.3 Å². The van der Waals surface area contributed by atoms with E-state index in [0.29, 0.717) is 12.1 Å². The monoisotopic (exact) mass is 255 g/mol. The Hall–Kier alpha value is -2.31. The van der Waals surface area contributed by atoms with Gasteiger partial charge in [0.25, 0.3) is 11.7 Å². The Morgan fingerprint density at radius 3 is 2.50 bits per heavy atom. The Morgan fingerprint density at radius 1 is 1.28 bits per heavy atom. The van der Waals surface area contributed by atoms with Crippen molar-refractivity contribution in [2.45, 2.75) is 0 Å². The highest BCUT2D eigenvalue weighted by Gasteiger charge is 2.38. The number of anilines is 1. The van der Waals surface area contributed by atoms with E-state index >= 15 is 0 Å². The summed E-state index contributed by atoms with van der Waals surface area (Å²) in [5.41, 5.74) is -0.392. The van der Waals surface area contributed by atoms with Crippen LogP contribution >= 0.6 is 0 Å². The van der Waals surface area contributed by atoms with Crippen LogP contribution in [-0.2, 0) is 14.3 Å². The maximum absolute atomic E-state index is 13.1. The van der Waals surface area contributed by atoms with Crippen LogP contribution in [0.3, 0.4) is 0 Å². The molecule has 0 aliphatic carbocycles. The number of methoxy groups -OCH3 is 1. The number of Topliss-reactive ketones (excluding diaryl/α,β-unsaturated/α-hetero) is 1. The molecule has 1 aromatic rings. The summed E-state index contributed by atoms with van der Waals surface area (Å²) in [6.45, 7) is -0.529. The fourth-order valence-electron chi connectivity index (χ4n) is 1.64. The predicted octanol–water partition coefficient (Wildman–Crippen LogP) is 0.667. The van der Waals surface area contributed by atoms with E-state index in [1.54, 1.807) is 0 Å². The molecular weight excluding hydrogens is 248 g/mol. The van der Waals surface area contributed by atoms with Crippen LogP contribution in [0.5, 0.6) is 0 Å². The molecule has 5 nitrogen and oxygen atoms in total. The second-order valence-corrected chi connectivity index (χ2v) is 3.58. The predicted molar refractivity (Wildman–Crippen MR) is 55.1 cm³/mol. The van der Waals surface area contributed by atoms with Crippen LogP contribution < -0.4 is 4.90 Å². The maximum atomic E-state index is 13.1. The quantitative estimate of drug-likeness (QED) is 0.575. The van der Waals surface area contributed by atoms with Crippen molar-refractivity contribution in [2.24, 2.45) is 0 Å². The number of halogens is 2. The van der Waals surface area contributed by atoms with Crippen molar-refractivity contribution in [1.82, 2.24) is 0 Å². The molecule has 0 saturated heterocycles. The van der Waals surface area contributed by atoms with Crippen LogP contribution in [0, 0.1) is 11.6 Å². The van der Waals surface area contributed by atoms with Crippen LogP contribution in [0.4, 0.5) is 14.5 Å². The summed E-state index contributed by atoms with van der Waals surface area (Å²) in [6.07, 6.45) is 0. The normalized spacial score (nSPS) is 13.8. The highest BCUT2D eigenvalue weighted by molar-refractivity contribution is 6.52. The molecule has 94 valence electrons. The number of hydrogen-bond acceptors (Lipinski definition) is 4. The van der Waals surface area contributed by atoms with E-state index < -0.39 is 35.8 Å². The molecular formula is C11H7F2NO4. The molecule has 2 rings (SSSR count). The van der Waals surface area contributed by atoms with E-state index in [1.807, 2.05) is 0 Å². The third-order valence-electron chi connectivity index (χ3n) is 2.53. The first kappa shape index (κ1) is 12.2. The average Bonchev–Trinajstić information content (AvgIpc) is 2.56. The number of amides is 1. The van der Waals surface area contributed by atoms with Crippen molar-refractivity contribution in [1.29, 1.82) is 0 Å². The van der Waals surface area contributed by atoms with Crippen molar-refractivity contribution in [3.8, 4) is 0 Å². The number of esters is 1. The standard InChI is InChI=1S/C11H7F2NO4/c1-18-9(15)4-14-8-3-7(13)6(12)2-5(8)10(16)11(14)17/h2-3H,4H2,1H3. The summed E-state index contributed by atoms with van der Waals surface area (Å²) < 4.78 is 30.4. The summed E-state index contributed by atoms with van der Waals surface area (Å²) in [5.74, 6) is -5.19. The molecule has 7 heteroatoms. The topological polar surface area (TPSA) is 63.7 Å². The van der Waals surface area contributed by atoms with Crippen molar-refractivity contribution in [3.05, 3.63) is 29.3 Å². The van der Waals surface area contributed by atoms with Crippen molar-refractivity contribution < 1.29 is 27.9 Å². The molecule has 0 saturated carbocycles. The first-order valence-electron chi connectivity index (χ1n) is 4.87. The summed E-state index contributed by atoms with van der Waals surface area (Å²) in [7, 11) is 1.11. The Balaban J connectivity index is 2.48. The smallest absolute Gasteiger partial charge is 0.325 e. The fourth-order valence-corrected chi connectivity index (χ4v) is 1.64. The van der Waals surface area contributed by atoms with Gasteiger partial charge in [0, 0.05) is 6.07 Å². The van der Waals surface area contributed by atoms with Crippen LogP contribution in [0.2, 0.25) is 0 Å². The summed E-state index contributed by atoms with van der Waals surface area (Å²) in [6, 6.07) is 1.35. The van der Waals surface area contributed by atoms with E-state index in [2.05, 4.69) is 4.74 Å². The molecule has 1 amide bonds. The largest absolute Gasteiger partial charge is 0.468 e. The van der Waals surface area contributed by atoms with Crippen molar-refractivity contribution in [3.63, 3.8) is 0 Å². The molecule has 0 N–H and O–H groups in total. The number of carbonyl (C=O) groups excluding carboxylic acids is 3. The molecule has 0 radical (unpaired) electrons. The average molecular weight is 255 g/mol. The number of rotatable bonds is 2. The minimum atomic E-state index is -1.23. The molecule has 0 fully saturated rings. The second kappa shape index (κ2) is 4.17. The van der Waals surface area contributed by atoms with Crippen LogP contribution in [0.1, 0.15) is 10.4 Å². The zero-order chi connectivity index (χ0) is 13.4. The van der Waals surface area contributed by atoms with Gasteiger partial charge in [-0.05, 0) is 6.07 Å². The van der Waals surface area contributed by atoms with E-state index in [9.17, 15) is 23.2 Å². The van der Waals surface area contributed by atoms with Crippen LogP contribution in [0.25, 0.3) is 0 Å². The summed E-state index contributed by atoms with van der Waals surface area (Å²) >= 11 is 0. The molecule has 0 spiro atoms. The number of ketones is 1. The minimum Gasteiger partial charge on any atom is -0.468 e. The number of benzene rings is 1. The number of carbonyl (C=O) groups is 3. The molecule has 0 bridgehead atoms. The third-order valence-corrected chi connectivity index (χ3v) is 2.53. The van der Waals surface area contributed by atoms with Gasteiger partial charge in [0.1, 0.15) is 6.54 Å². The van der Waals surface area contributed by atoms with Gasteiger partial charge < -0.3 is 4.74 Å². The maximum Gasteiger partial charge on any atom is 0.325 e. The van der Waals surface area contributed by atoms with Gasteiger partial charge in [-0.1, -0.05) is 0 Å². The first-order chi connectivity index (χ1) is 8.45. The Bertz CT molecular complexity index is 570. The van der Waals surface area contributed by atoms with Crippen molar-refractivity contribution in [2.75, 3.05) is 18.6 Å². The number of ether oxygens (including phenoxy) is 1. The molecule has 0 aromatic heterocycles. The number of hydrogen-bond donors (Lipinski definition) is 0. The first-order valence-corrected chi connectivity index (χ1v) is 4.87. The van der Waals surface area contributed by atoms with Gasteiger partial charge in [-0.25, -0.2) is 8.78 Å². The van der Waals surface area contributed by atoms with E-state index in [1.165, 1.54) is 0 Å². The molecule has 1 heterocycles. The summed E-state index contributed by atoms with van der Waals surface area (Å²) in [5, 5.41) is 0. The van der Waals surface area contributed by atoms with Gasteiger partial charge >= 0.3 is 5.97 Å². The lowest BCUT2D eigenvalue weighted by atomic mass is 10.1. The lowest BCUT2D eigenvalue weighted by molar-refractivity contribution is -0.139. The van der Waals surface area contributed by atoms with Crippen LogP contribution in [0.15, 0.2) is 12.1 Å². The van der Waals surface area contributed by atoms with E-state index in [-0.39, 0.29) is 11.3 Å². The highest BCUT2D eigenvalue weighted by atomic mass is 19.2. The van der Waals surface area contributed by atoms with Gasteiger partial charge in [0.15, 0.2) is 11.6 Å². The zero-order valence-corrected chi connectivity index (χ0v) is 9.20. The van der Waals surface area contributed by atoms with Gasteiger partial charge in [0.2, 0.25) is 0 Å². The Morgan fingerprint density at radius 2 is 1.89 bits per heavy atom. The molecule has 18 heavy (non-hydrogen) atoms. The SMILES string of the molecule is COC(=O)CN1C(=O)C(=O)c2cc(F)c(F)cc21. The van der Waals surface area contributed by atoms with Gasteiger partial charge in [-0.3, -0.25) is 19.3 Å². The van der Waals surface area contributed by atoms with Gasteiger partial charge in [-0.15, -0.1) is 0 Å². The van der Waals surface area contributed by atoms with Gasteiger partial charge in [-0.2, -0.15) is 0 Å². The highest BCUT2D eigenvalue weighted by Crippen LogP contribution is 2.30. The second-order valence-electron chi connectivity index (χ2n) is 3.58. The number of fused-ring (bicyclic) bond motifs is 1. The lowest BCUT2D eigenvalue weighted by Crippen LogP contribution is -2.35. The summed E-state index contributed by atoms with van der Waals surface area (Å²) in [4.78, 5) is 34.9. The number of nitrogens with zero attached hydrogens (tertiary/aromatic N) is 1. The molecule has 1 aliphatic rings. The third kappa shape index (κ3) is 1.73. The minimum absolute atomic E-state index is 0.130. The fraction of sp³-hybridized carbons (Fsp3) is 0.182.